The maximum absolute atomic E-state index is 12.4. The first kappa shape index (κ1) is 11.6. The third kappa shape index (κ3) is 3.66. The molecule has 0 fully saturated rings. The molecule has 0 aliphatic rings. The van der Waals surface area contributed by atoms with Crippen LogP contribution >= 0.6 is 0 Å². The summed E-state index contributed by atoms with van der Waals surface area (Å²) < 4.78 is 48.0. The van der Waals surface area contributed by atoms with Crippen molar-refractivity contribution >= 4 is 5.82 Å². The van der Waals surface area contributed by atoms with Gasteiger partial charge in [-0.2, -0.15) is 17.6 Å². The minimum absolute atomic E-state index is 0.120. The Kier molecular flexibility index (Phi) is 3.40. The van der Waals surface area contributed by atoms with Crippen LogP contribution in [0.15, 0.2) is 12.4 Å². The molecule has 1 aromatic heterocycles. The molecule has 0 amide bonds. The van der Waals surface area contributed by atoms with Crippen LogP contribution in [0, 0.1) is 5.95 Å². The Morgan fingerprint density at radius 3 is 2.60 bits per heavy atom. The number of hydrogen-bond acceptors (Lipinski definition) is 4. The Morgan fingerprint density at radius 1 is 1.40 bits per heavy atom. The minimum Gasteiger partial charge on any atom is -0.382 e. The summed E-state index contributed by atoms with van der Waals surface area (Å²) in [5, 5.41) is 10.7. The highest BCUT2D eigenvalue weighted by molar-refractivity contribution is 5.32. The van der Waals surface area contributed by atoms with E-state index < -0.39 is 24.8 Å². The van der Waals surface area contributed by atoms with Crippen LogP contribution in [0.4, 0.5) is 23.4 Å². The fraction of sp³-hybridized carbons (Fsp3) is 0.429. The largest absolute Gasteiger partial charge is 0.416 e. The highest BCUT2D eigenvalue weighted by Crippen LogP contribution is 2.20. The molecular formula is C7H7F4N3O. The van der Waals surface area contributed by atoms with Gasteiger partial charge in [0.2, 0.25) is 5.95 Å². The Balaban J connectivity index is 2.51. The second-order valence-corrected chi connectivity index (χ2v) is 2.66. The number of hydrogen-bond donors (Lipinski definition) is 2. The predicted octanol–water partition coefficient (Wildman–Crippen LogP) is 0.951. The molecule has 8 heteroatoms. The Morgan fingerprint density at radius 2 is 2.07 bits per heavy atom. The van der Waals surface area contributed by atoms with Crippen LogP contribution in [0.5, 0.6) is 0 Å². The summed E-state index contributed by atoms with van der Waals surface area (Å²) in [4.78, 5) is 6.57. The lowest BCUT2D eigenvalue weighted by Gasteiger charge is -2.14. The summed E-state index contributed by atoms with van der Waals surface area (Å²) in [7, 11) is 0. The van der Waals surface area contributed by atoms with Gasteiger partial charge in [0, 0.05) is 6.07 Å². The second kappa shape index (κ2) is 4.39. The monoisotopic (exact) mass is 225 g/mol. The number of aromatic nitrogens is 2. The first-order valence-electron chi connectivity index (χ1n) is 3.86. The topological polar surface area (TPSA) is 58.0 Å². The van der Waals surface area contributed by atoms with Crippen LogP contribution in [0.2, 0.25) is 0 Å². The van der Waals surface area contributed by atoms with Crippen molar-refractivity contribution in [3.63, 3.8) is 0 Å². The maximum atomic E-state index is 12.4. The van der Waals surface area contributed by atoms with E-state index in [9.17, 15) is 17.6 Å². The predicted molar refractivity (Wildman–Crippen MR) is 42.5 cm³/mol. The molecule has 0 saturated carbocycles. The van der Waals surface area contributed by atoms with Gasteiger partial charge in [-0.1, -0.05) is 0 Å². The van der Waals surface area contributed by atoms with E-state index in [0.29, 0.717) is 0 Å². The number of alkyl halides is 3. The number of nitrogens with one attached hydrogen (secondary N) is 1. The summed E-state index contributed by atoms with van der Waals surface area (Å²) in [5.41, 5.74) is 0. The lowest BCUT2D eigenvalue weighted by Crippen LogP contribution is -2.35. The van der Waals surface area contributed by atoms with Gasteiger partial charge in [-0.05, 0) is 0 Å². The molecule has 15 heavy (non-hydrogen) atoms. The molecule has 0 spiro atoms. The Bertz CT molecular complexity index is 330. The van der Waals surface area contributed by atoms with E-state index in [1.54, 1.807) is 0 Å². The molecule has 0 aromatic carbocycles. The van der Waals surface area contributed by atoms with Gasteiger partial charge in [-0.3, -0.25) is 0 Å². The summed E-state index contributed by atoms with van der Waals surface area (Å²) in [6.07, 6.45) is -6.37. The molecule has 0 bridgehead atoms. The van der Waals surface area contributed by atoms with Crippen molar-refractivity contribution in [2.45, 2.75) is 12.3 Å². The molecule has 0 aliphatic heterocycles. The zero-order valence-corrected chi connectivity index (χ0v) is 7.29. The van der Waals surface area contributed by atoms with Crippen LogP contribution in [0.3, 0.4) is 0 Å². The third-order valence-electron chi connectivity index (χ3n) is 1.49. The third-order valence-corrected chi connectivity index (χ3v) is 1.49. The number of aliphatic hydroxyl groups is 1. The Labute approximate surface area is 82.0 Å². The molecule has 4 nitrogen and oxygen atoms in total. The molecule has 0 saturated heterocycles. The van der Waals surface area contributed by atoms with Crippen LogP contribution < -0.4 is 5.32 Å². The fourth-order valence-corrected chi connectivity index (χ4v) is 0.747. The highest BCUT2D eigenvalue weighted by Gasteiger charge is 2.37. The van der Waals surface area contributed by atoms with Crippen LogP contribution in [-0.4, -0.2) is 33.9 Å². The van der Waals surface area contributed by atoms with E-state index in [0.717, 1.165) is 12.4 Å². The van der Waals surface area contributed by atoms with Gasteiger partial charge in [-0.15, -0.1) is 0 Å². The highest BCUT2D eigenvalue weighted by atomic mass is 19.4. The number of nitrogens with zero attached hydrogens (tertiary/aromatic N) is 2. The van der Waals surface area contributed by atoms with Crippen LogP contribution in [0.1, 0.15) is 0 Å². The first-order valence-corrected chi connectivity index (χ1v) is 3.86. The molecule has 1 unspecified atom stereocenters. The first-order chi connectivity index (χ1) is 6.89. The van der Waals surface area contributed by atoms with Crippen molar-refractivity contribution in [3.8, 4) is 0 Å². The van der Waals surface area contributed by atoms with E-state index in [1.165, 1.54) is 0 Å². The summed E-state index contributed by atoms with van der Waals surface area (Å²) in [6, 6.07) is 0.823. The van der Waals surface area contributed by atoms with Crippen molar-refractivity contribution in [2.75, 3.05) is 11.9 Å². The van der Waals surface area contributed by atoms with Gasteiger partial charge >= 0.3 is 6.18 Å². The van der Waals surface area contributed by atoms with Crippen LogP contribution in [0.25, 0.3) is 0 Å². The molecule has 0 aliphatic carbocycles. The SMILES string of the molecule is OC(CNc1cc(F)ncn1)C(F)(F)F. The molecule has 1 rings (SSSR count). The maximum Gasteiger partial charge on any atom is 0.416 e. The number of rotatable bonds is 3. The average molecular weight is 225 g/mol. The summed E-state index contributed by atoms with van der Waals surface area (Å²) >= 11 is 0. The standard InChI is InChI=1S/C7H7F4N3O/c8-5-1-6(14-3-13-5)12-2-4(15)7(9,10)11/h1,3-4,15H,2H2,(H,12,13,14). The van der Waals surface area contributed by atoms with E-state index >= 15 is 0 Å². The molecule has 0 radical (unpaired) electrons. The quantitative estimate of drug-likeness (QED) is 0.594. The molecular weight excluding hydrogens is 218 g/mol. The normalized spacial score (nSPS) is 13.7. The van der Waals surface area contributed by atoms with E-state index in [-0.39, 0.29) is 5.82 Å². The van der Waals surface area contributed by atoms with Gasteiger partial charge in [0.15, 0.2) is 6.10 Å². The van der Waals surface area contributed by atoms with Gasteiger partial charge in [-0.25, -0.2) is 9.97 Å². The van der Waals surface area contributed by atoms with E-state index in [4.69, 9.17) is 5.11 Å². The van der Waals surface area contributed by atoms with Crippen molar-refractivity contribution in [1.29, 1.82) is 0 Å². The smallest absolute Gasteiger partial charge is 0.382 e. The summed E-state index contributed by atoms with van der Waals surface area (Å²) in [5.74, 6) is -0.986. The zero-order chi connectivity index (χ0) is 11.5. The molecule has 1 atom stereocenters. The Hall–Kier alpha value is -1.44. The second-order valence-electron chi connectivity index (χ2n) is 2.66. The minimum atomic E-state index is -4.71. The lowest BCUT2D eigenvalue weighted by atomic mass is 10.3. The fourth-order valence-electron chi connectivity index (χ4n) is 0.747. The van der Waals surface area contributed by atoms with Gasteiger partial charge in [0.1, 0.15) is 12.1 Å². The van der Waals surface area contributed by atoms with E-state index in [1.807, 2.05) is 0 Å². The number of anilines is 1. The average Bonchev–Trinajstić information content (AvgIpc) is 2.12. The zero-order valence-electron chi connectivity index (χ0n) is 7.29. The van der Waals surface area contributed by atoms with E-state index in [2.05, 4.69) is 15.3 Å². The van der Waals surface area contributed by atoms with Gasteiger partial charge < -0.3 is 10.4 Å². The molecule has 84 valence electrons. The summed E-state index contributed by atoms with van der Waals surface area (Å²) in [6.45, 7) is -0.792. The van der Waals surface area contributed by atoms with Crippen molar-refractivity contribution in [1.82, 2.24) is 9.97 Å². The number of aliphatic hydroxyl groups excluding tert-OH is 1. The lowest BCUT2D eigenvalue weighted by molar-refractivity contribution is -0.198. The van der Waals surface area contributed by atoms with Crippen molar-refractivity contribution in [2.24, 2.45) is 0 Å². The van der Waals surface area contributed by atoms with Gasteiger partial charge in [0.05, 0.1) is 6.54 Å². The van der Waals surface area contributed by atoms with Crippen molar-refractivity contribution < 1.29 is 22.7 Å². The van der Waals surface area contributed by atoms with Gasteiger partial charge in [0.25, 0.3) is 0 Å². The van der Waals surface area contributed by atoms with Crippen molar-refractivity contribution in [3.05, 3.63) is 18.3 Å². The van der Waals surface area contributed by atoms with Crippen LogP contribution in [-0.2, 0) is 0 Å². The molecule has 1 aromatic rings. The molecule has 1 heterocycles. The molecule has 2 N–H and O–H groups in total. The number of halogens is 4.